The van der Waals surface area contributed by atoms with Gasteiger partial charge in [-0.25, -0.2) is 0 Å². The first-order valence-corrected chi connectivity index (χ1v) is 5.32. The van der Waals surface area contributed by atoms with Gasteiger partial charge in [-0.05, 0) is 19.2 Å². The minimum absolute atomic E-state index is 0.203. The number of nitrogens with zero attached hydrogens (tertiary/aromatic N) is 1. The smallest absolute Gasteiger partial charge is 0.119 e. The third-order valence-corrected chi connectivity index (χ3v) is 2.91. The van der Waals surface area contributed by atoms with Gasteiger partial charge < -0.3 is 9.84 Å². The molecule has 1 fully saturated rings. The number of aliphatic hydroxyl groups is 1. The van der Waals surface area contributed by atoms with Crippen LogP contribution in [0.15, 0.2) is 30.3 Å². The van der Waals surface area contributed by atoms with Crippen LogP contribution < -0.4 is 4.74 Å². The number of aliphatic hydroxyl groups excluding tert-OH is 1. The van der Waals surface area contributed by atoms with Crippen LogP contribution in [0, 0.1) is 0 Å². The summed E-state index contributed by atoms with van der Waals surface area (Å²) in [5.74, 6) is 0.912. The number of rotatable bonds is 3. The summed E-state index contributed by atoms with van der Waals surface area (Å²) in [6.45, 7) is 1.10. The van der Waals surface area contributed by atoms with Crippen LogP contribution in [0.1, 0.15) is 6.42 Å². The standard InChI is InChI=1S/C12H17NO2/c1-13-8-12(7-10(13)9-14)15-11-5-3-2-4-6-11/h2-6,10,12,14H,7-9H2,1H3/t10-,12-/m0/s1. The highest BCUT2D eigenvalue weighted by molar-refractivity contribution is 5.21. The molecule has 82 valence electrons. The molecule has 3 heteroatoms. The summed E-state index contributed by atoms with van der Waals surface area (Å²) in [7, 11) is 2.02. The van der Waals surface area contributed by atoms with E-state index in [4.69, 9.17) is 9.84 Å². The Labute approximate surface area is 90.3 Å². The Hall–Kier alpha value is -1.06. The molecule has 3 nitrogen and oxygen atoms in total. The first-order valence-electron chi connectivity index (χ1n) is 5.32. The summed E-state index contributed by atoms with van der Waals surface area (Å²) >= 11 is 0. The Bertz CT molecular complexity index is 302. The van der Waals surface area contributed by atoms with Gasteiger partial charge in [-0.2, -0.15) is 0 Å². The first kappa shape index (κ1) is 10.5. The molecule has 2 rings (SSSR count). The number of benzene rings is 1. The lowest BCUT2D eigenvalue weighted by atomic mass is 10.2. The van der Waals surface area contributed by atoms with E-state index in [0.29, 0.717) is 0 Å². The van der Waals surface area contributed by atoms with Crippen molar-refractivity contribution in [3.05, 3.63) is 30.3 Å². The molecule has 0 radical (unpaired) electrons. The summed E-state index contributed by atoms with van der Waals surface area (Å²) in [6.07, 6.45) is 1.11. The Kier molecular flexibility index (Phi) is 3.23. The van der Waals surface area contributed by atoms with E-state index >= 15 is 0 Å². The van der Waals surface area contributed by atoms with Crippen molar-refractivity contribution >= 4 is 0 Å². The van der Waals surface area contributed by atoms with Crippen LogP contribution in [0.5, 0.6) is 5.75 Å². The van der Waals surface area contributed by atoms with E-state index in [-0.39, 0.29) is 18.8 Å². The second-order valence-corrected chi connectivity index (χ2v) is 4.06. The summed E-state index contributed by atoms with van der Waals surface area (Å²) in [5.41, 5.74) is 0. The lowest BCUT2D eigenvalue weighted by molar-refractivity contribution is 0.182. The van der Waals surface area contributed by atoms with Crippen molar-refractivity contribution in [2.75, 3.05) is 20.2 Å². The normalized spacial score (nSPS) is 26.8. The highest BCUT2D eigenvalue weighted by Crippen LogP contribution is 2.21. The van der Waals surface area contributed by atoms with Crippen LogP contribution in [-0.4, -0.2) is 42.4 Å². The summed E-state index contributed by atoms with van der Waals surface area (Å²) in [5, 5.41) is 9.12. The lowest BCUT2D eigenvalue weighted by Crippen LogP contribution is -2.28. The Morgan fingerprint density at radius 1 is 1.40 bits per heavy atom. The van der Waals surface area contributed by atoms with E-state index in [2.05, 4.69) is 4.90 Å². The topological polar surface area (TPSA) is 32.7 Å². The van der Waals surface area contributed by atoms with Crippen LogP contribution in [-0.2, 0) is 0 Å². The van der Waals surface area contributed by atoms with Crippen molar-refractivity contribution in [1.82, 2.24) is 4.90 Å². The molecule has 1 heterocycles. The fourth-order valence-corrected chi connectivity index (χ4v) is 2.02. The zero-order chi connectivity index (χ0) is 10.7. The van der Waals surface area contributed by atoms with Crippen LogP contribution in [0.25, 0.3) is 0 Å². The van der Waals surface area contributed by atoms with E-state index < -0.39 is 0 Å². The van der Waals surface area contributed by atoms with Crippen LogP contribution in [0.4, 0.5) is 0 Å². The predicted molar refractivity (Wildman–Crippen MR) is 59.0 cm³/mol. The van der Waals surface area contributed by atoms with Gasteiger partial charge in [0.1, 0.15) is 11.9 Å². The SMILES string of the molecule is CN1C[C@@H](Oc2ccccc2)C[C@H]1CO. The molecule has 0 unspecified atom stereocenters. The van der Waals surface area contributed by atoms with E-state index in [0.717, 1.165) is 18.7 Å². The molecule has 1 N–H and O–H groups in total. The molecule has 1 aromatic carbocycles. The second kappa shape index (κ2) is 4.64. The number of ether oxygens (including phenoxy) is 1. The maximum Gasteiger partial charge on any atom is 0.119 e. The molecule has 1 aliphatic rings. The van der Waals surface area contributed by atoms with Crippen LogP contribution in [0.2, 0.25) is 0 Å². The van der Waals surface area contributed by atoms with Gasteiger partial charge in [-0.15, -0.1) is 0 Å². The van der Waals surface area contributed by atoms with E-state index in [1.54, 1.807) is 0 Å². The zero-order valence-corrected chi connectivity index (χ0v) is 8.97. The monoisotopic (exact) mass is 207 g/mol. The quantitative estimate of drug-likeness (QED) is 0.806. The number of hydrogen-bond donors (Lipinski definition) is 1. The van der Waals surface area contributed by atoms with E-state index in [1.807, 2.05) is 37.4 Å². The molecule has 0 bridgehead atoms. The van der Waals surface area contributed by atoms with Gasteiger partial charge in [0.2, 0.25) is 0 Å². The highest BCUT2D eigenvalue weighted by Gasteiger charge is 2.30. The minimum Gasteiger partial charge on any atom is -0.489 e. The first-order chi connectivity index (χ1) is 7.29. The second-order valence-electron chi connectivity index (χ2n) is 4.06. The molecule has 1 saturated heterocycles. The van der Waals surface area contributed by atoms with Crippen molar-refractivity contribution in [2.24, 2.45) is 0 Å². The number of para-hydroxylation sites is 1. The lowest BCUT2D eigenvalue weighted by Gasteiger charge is -2.14. The third-order valence-electron chi connectivity index (χ3n) is 2.91. The van der Waals surface area contributed by atoms with Crippen molar-refractivity contribution < 1.29 is 9.84 Å². The van der Waals surface area contributed by atoms with Gasteiger partial charge in [0.05, 0.1) is 6.61 Å². The largest absolute Gasteiger partial charge is 0.489 e. The molecule has 2 atom stereocenters. The van der Waals surface area contributed by atoms with Gasteiger partial charge in [0, 0.05) is 19.0 Å². The van der Waals surface area contributed by atoms with Gasteiger partial charge in [0.25, 0.3) is 0 Å². The van der Waals surface area contributed by atoms with Crippen molar-refractivity contribution in [3.63, 3.8) is 0 Å². The van der Waals surface area contributed by atoms with Gasteiger partial charge in [-0.3, -0.25) is 4.90 Å². The van der Waals surface area contributed by atoms with Crippen molar-refractivity contribution in [2.45, 2.75) is 18.6 Å². The Balaban J connectivity index is 1.92. The minimum atomic E-state index is 0.203. The molecule has 0 aromatic heterocycles. The fourth-order valence-electron chi connectivity index (χ4n) is 2.02. The fraction of sp³-hybridized carbons (Fsp3) is 0.500. The van der Waals surface area contributed by atoms with Gasteiger partial charge in [-0.1, -0.05) is 18.2 Å². The van der Waals surface area contributed by atoms with Crippen LogP contribution >= 0.6 is 0 Å². The molecule has 1 aromatic rings. The highest BCUT2D eigenvalue weighted by atomic mass is 16.5. The summed E-state index contributed by atoms with van der Waals surface area (Å²) in [6, 6.07) is 10.1. The number of likely N-dealkylation sites (tertiary alicyclic amines) is 1. The van der Waals surface area contributed by atoms with E-state index in [9.17, 15) is 0 Å². The zero-order valence-electron chi connectivity index (χ0n) is 8.97. The molecule has 0 saturated carbocycles. The third kappa shape index (κ3) is 2.49. The average molecular weight is 207 g/mol. The van der Waals surface area contributed by atoms with Crippen molar-refractivity contribution in [1.29, 1.82) is 0 Å². The van der Waals surface area contributed by atoms with Gasteiger partial charge >= 0.3 is 0 Å². The number of likely N-dealkylation sites (N-methyl/N-ethyl adjacent to an activating group) is 1. The maximum absolute atomic E-state index is 9.12. The van der Waals surface area contributed by atoms with Gasteiger partial charge in [0.15, 0.2) is 0 Å². The predicted octanol–water partition coefficient (Wildman–Crippen LogP) is 1.13. The molecular weight excluding hydrogens is 190 g/mol. The molecular formula is C12H17NO2. The molecule has 1 aliphatic heterocycles. The summed E-state index contributed by atoms with van der Waals surface area (Å²) in [4.78, 5) is 2.15. The van der Waals surface area contributed by atoms with Crippen molar-refractivity contribution in [3.8, 4) is 5.75 Å². The molecule has 0 amide bonds. The summed E-state index contributed by atoms with van der Waals surface area (Å²) < 4.78 is 5.82. The number of hydrogen-bond acceptors (Lipinski definition) is 3. The molecule has 0 aliphatic carbocycles. The Morgan fingerprint density at radius 2 is 2.13 bits per heavy atom. The maximum atomic E-state index is 9.12. The Morgan fingerprint density at radius 3 is 2.73 bits per heavy atom. The van der Waals surface area contributed by atoms with E-state index in [1.165, 1.54) is 0 Å². The van der Waals surface area contributed by atoms with Crippen LogP contribution in [0.3, 0.4) is 0 Å². The molecule has 15 heavy (non-hydrogen) atoms. The average Bonchev–Trinajstić information content (AvgIpc) is 2.60. The molecule has 0 spiro atoms.